The van der Waals surface area contributed by atoms with Crippen molar-refractivity contribution in [1.82, 2.24) is 14.7 Å². The van der Waals surface area contributed by atoms with E-state index in [-0.39, 0.29) is 11.2 Å². The van der Waals surface area contributed by atoms with Crippen molar-refractivity contribution in [2.45, 2.75) is 18.3 Å². The van der Waals surface area contributed by atoms with E-state index in [4.69, 9.17) is 17.0 Å². The number of aromatic nitrogens is 2. The molecule has 3 aromatic carbocycles. The predicted octanol–water partition coefficient (Wildman–Crippen LogP) is 6.36. The lowest BCUT2D eigenvalue weighted by Crippen LogP contribution is -2.26. The fraction of sp³-hybridized carbons (Fsp3) is 0.258. The fourth-order valence-electron chi connectivity index (χ4n) is 6.19. The quantitative estimate of drug-likeness (QED) is 0.219. The Labute approximate surface area is 232 Å². The normalized spacial score (nSPS) is 21.5. The van der Waals surface area contributed by atoms with Crippen molar-refractivity contribution in [3.8, 4) is 0 Å². The van der Waals surface area contributed by atoms with E-state index in [1.54, 1.807) is 25.4 Å². The van der Waals surface area contributed by atoms with Gasteiger partial charge >= 0.3 is 0 Å². The predicted molar refractivity (Wildman–Crippen MR) is 154 cm³/mol. The second-order valence-electron chi connectivity index (χ2n) is 10.4. The first kappa shape index (κ1) is 26.8. The number of benzene rings is 3. The number of hydrogen-bond donors (Lipinski definition) is 2. The Morgan fingerprint density at radius 3 is 2.44 bits per heavy atom. The first-order valence-electron chi connectivity index (χ1n) is 12.8. The van der Waals surface area contributed by atoms with E-state index in [1.807, 2.05) is 0 Å². The van der Waals surface area contributed by atoms with Crippen LogP contribution in [0.15, 0.2) is 72.9 Å². The van der Waals surface area contributed by atoms with Crippen molar-refractivity contribution >= 4 is 35.5 Å². The molecule has 1 aliphatic carbocycles. The van der Waals surface area contributed by atoms with E-state index in [1.165, 1.54) is 39.7 Å². The maximum Gasteiger partial charge on any atom is 0.171 e. The van der Waals surface area contributed by atoms with Crippen LogP contribution in [0.3, 0.4) is 0 Å². The number of piperidine rings is 1. The smallest absolute Gasteiger partial charge is 0.171 e. The summed E-state index contributed by atoms with van der Waals surface area (Å²) >= 11 is 5.53. The Morgan fingerprint density at radius 2 is 1.85 bits per heavy atom. The number of carbonyl (C=O) groups excluding carboxylic acids is 1. The number of nitrogens with one attached hydrogen (secondary N) is 2. The summed E-state index contributed by atoms with van der Waals surface area (Å²) < 4.78 is 14.7. The number of hydrogen-bond acceptors (Lipinski definition) is 5. The molecule has 2 fully saturated rings. The van der Waals surface area contributed by atoms with Crippen molar-refractivity contribution in [2.75, 3.05) is 25.5 Å². The molecule has 3 atom stereocenters. The number of anilines is 2. The highest BCUT2D eigenvalue weighted by molar-refractivity contribution is 6.32. The average molecular weight is 544 g/mol. The van der Waals surface area contributed by atoms with Crippen molar-refractivity contribution in [3.63, 3.8) is 0 Å². The number of carbonyl (C=O) groups is 1. The van der Waals surface area contributed by atoms with Crippen LogP contribution in [0.25, 0.3) is 0 Å². The topological polar surface area (TPSA) is 74.0 Å². The van der Waals surface area contributed by atoms with Crippen LogP contribution in [0.4, 0.5) is 15.8 Å². The molecule has 1 aliphatic heterocycles. The molecule has 0 spiro atoms. The third-order valence-corrected chi connectivity index (χ3v) is 8.10. The Hall–Kier alpha value is -3.81. The van der Waals surface area contributed by atoms with Crippen LogP contribution >= 0.6 is 11.6 Å². The summed E-state index contributed by atoms with van der Waals surface area (Å²) in [5.41, 5.74) is 6.98. The van der Waals surface area contributed by atoms with Crippen LogP contribution in [-0.4, -0.2) is 47.3 Å². The zero-order valence-corrected chi connectivity index (χ0v) is 22.9. The average Bonchev–Trinajstić information content (AvgIpc) is 3.18. The summed E-state index contributed by atoms with van der Waals surface area (Å²) in [4.78, 5) is 12.5. The highest BCUT2D eigenvalue weighted by Gasteiger charge is 2.69. The second-order valence-corrected chi connectivity index (χ2v) is 10.8. The van der Waals surface area contributed by atoms with E-state index in [0.717, 1.165) is 30.0 Å². The van der Waals surface area contributed by atoms with E-state index in [2.05, 4.69) is 71.8 Å². The number of likely N-dealkylation sites (tertiary alicyclic amines) is 1. The summed E-state index contributed by atoms with van der Waals surface area (Å²) in [6.45, 7) is 4.32. The van der Waals surface area contributed by atoms with Gasteiger partial charge in [-0.2, -0.15) is 5.10 Å². The largest absolute Gasteiger partial charge is 0.355 e. The molecule has 200 valence electrons. The molecule has 2 N–H and O–H groups in total. The third-order valence-electron chi connectivity index (χ3n) is 7.81. The summed E-state index contributed by atoms with van der Waals surface area (Å²) in [5.74, 6) is 0.886. The van der Waals surface area contributed by atoms with E-state index in [0.29, 0.717) is 28.8 Å². The molecule has 8 heteroatoms. The summed E-state index contributed by atoms with van der Waals surface area (Å²) in [6.07, 6.45) is 3.62. The van der Waals surface area contributed by atoms with Crippen LogP contribution in [-0.2, 0) is 12.5 Å². The SMILES string of the molecule is Cc1cc(Nc2ccc(F)cc2)c(C=N)cc1C12CN(C)CC1C2c1ccccc1.Cn1cc(Cl)c(C=O)n1. The molecule has 6 nitrogen and oxygen atoms in total. The van der Waals surface area contributed by atoms with Crippen LogP contribution in [0, 0.1) is 24.1 Å². The van der Waals surface area contributed by atoms with Crippen molar-refractivity contribution in [1.29, 1.82) is 5.41 Å². The molecule has 4 aromatic rings. The Kier molecular flexibility index (Phi) is 7.38. The molecular formula is C31H31ClFN5O. The molecule has 1 saturated heterocycles. The lowest BCUT2D eigenvalue weighted by atomic mass is 9.86. The summed E-state index contributed by atoms with van der Waals surface area (Å²) in [6, 6.07) is 21.5. The van der Waals surface area contributed by atoms with Gasteiger partial charge in [-0.25, -0.2) is 4.39 Å². The lowest BCUT2D eigenvalue weighted by Gasteiger charge is -2.24. The maximum atomic E-state index is 13.2. The standard InChI is InChI=1S/C26H26FN3.C5H5ClN2O/c1-17-12-24(29-21-10-8-20(27)9-11-21)19(14-28)13-22(17)26-16-30(2)15-23(26)25(26)18-6-4-3-5-7-18;1-8-2-4(6)5(3-9)7-8/h3-14,23,25,28-29H,15-16H2,1-2H3;2-3H,1H3. The first-order chi connectivity index (χ1) is 18.8. The molecule has 2 aliphatic rings. The molecule has 39 heavy (non-hydrogen) atoms. The number of aldehydes is 1. The third kappa shape index (κ3) is 5.12. The maximum absolute atomic E-state index is 13.2. The Balaban J connectivity index is 0.000000292. The van der Waals surface area contributed by atoms with Crippen LogP contribution in [0.2, 0.25) is 5.02 Å². The van der Waals surface area contributed by atoms with Gasteiger partial charge < -0.3 is 15.6 Å². The summed E-state index contributed by atoms with van der Waals surface area (Å²) in [5, 5.41) is 15.5. The molecule has 2 heterocycles. The summed E-state index contributed by atoms with van der Waals surface area (Å²) in [7, 11) is 3.91. The molecule has 1 aromatic heterocycles. The zero-order chi connectivity index (χ0) is 27.7. The van der Waals surface area contributed by atoms with Gasteiger partial charge in [0.1, 0.15) is 11.5 Å². The van der Waals surface area contributed by atoms with Gasteiger partial charge in [0.15, 0.2) is 6.29 Å². The molecule has 0 bridgehead atoms. The van der Waals surface area contributed by atoms with Crippen molar-refractivity contribution < 1.29 is 9.18 Å². The van der Waals surface area contributed by atoms with Crippen molar-refractivity contribution in [3.05, 3.63) is 112 Å². The lowest BCUT2D eigenvalue weighted by molar-refractivity contribution is 0.111. The van der Waals surface area contributed by atoms with Gasteiger partial charge in [-0.15, -0.1) is 0 Å². The van der Waals surface area contributed by atoms with Gasteiger partial charge in [-0.05, 0) is 73.0 Å². The van der Waals surface area contributed by atoms with Crippen LogP contribution in [0.5, 0.6) is 0 Å². The molecule has 0 radical (unpaired) electrons. The van der Waals surface area contributed by atoms with E-state index >= 15 is 0 Å². The number of nitrogens with zero attached hydrogens (tertiary/aromatic N) is 3. The van der Waals surface area contributed by atoms with Gasteiger partial charge in [0, 0.05) is 60.8 Å². The molecule has 1 saturated carbocycles. The number of rotatable bonds is 6. The molecule has 6 rings (SSSR count). The monoisotopic (exact) mass is 543 g/mol. The molecule has 3 unspecified atom stereocenters. The minimum atomic E-state index is -0.254. The van der Waals surface area contributed by atoms with Gasteiger partial charge in [0.2, 0.25) is 0 Å². The highest BCUT2D eigenvalue weighted by atomic mass is 35.5. The molecular weight excluding hydrogens is 513 g/mol. The highest BCUT2D eigenvalue weighted by Crippen LogP contribution is 2.69. The minimum absolute atomic E-state index is 0.117. The van der Waals surface area contributed by atoms with Gasteiger partial charge in [-0.3, -0.25) is 9.48 Å². The Morgan fingerprint density at radius 1 is 1.13 bits per heavy atom. The zero-order valence-electron chi connectivity index (χ0n) is 22.2. The molecule has 0 amide bonds. The van der Waals surface area contributed by atoms with Crippen LogP contribution < -0.4 is 5.32 Å². The fourth-order valence-corrected chi connectivity index (χ4v) is 6.41. The second kappa shape index (κ2) is 10.8. The minimum Gasteiger partial charge on any atom is -0.355 e. The van der Waals surface area contributed by atoms with Crippen LogP contribution in [0.1, 0.15) is 38.7 Å². The first-order valence-corrected chi connectivity index (χ1v) is 13.2. The Bertz CT molecular complexity index is 1500. The van der Waals surface area contributed by atoms with Crippen molar-refractivity contribution in [2.24, 2.45) is 13.0 Å². The van der Waals surface area contributed by atoms with E-state index < -0.39 is 0 Å². The van der Waals surface area contributed by atoms with E-state index in [9.17, 15) is 9.18 Å². The van der Waals surface area contributed by atoms with Gasteiger partial charge in [0.05, 0.1) is 5.02 Å². The number of aryl methyl sites for hydroxylation is 2. The van der Waals surface area contributed by atoms with Gasteiger partial charge in [0.25, 0.3) is 0 Å². The number of fused-ring (bicyclic) bond motifs is 1. The number of likely N-dealkylation sites (N-methyl/N-ethyl adjacent to an activating group) is 1. The van der Waals surface area contributed by atoms with Gasteiger partial charge in [-0.1, -0.05) is 41.9 Å². The number of halogens is 2.